The fourth-order valence-corrected chi connectivity index (χ4v) is 2.32. The summed E-state index contributed by atoms with van der Waals surface area (Å²) in [6.07, 6.45) is 1.48. The van der Waals surface area contributed by atoms with E-state index in [4.69, 9.17) is 9.47 Å². The maximum Gasteiger partial charge on any atom is 0.371 e. The van der Waals surface area contributed by atoms with Crippen LogP contribution < -0.4 is 4.74 Å². The molecule has 4 nitrogen and oxygen atoms in total. The molecule has 0 bridgehead atoms. The van der Waals surface area contributed by atoms with Gasteiger partial charge in [-0.15, -0.1) is 0 Å². The fourth-order valence-electron chi connectivity index (χ4n) is 2.32. The first-order chi connectivity index (χ1) is 13.1. The van der Waals surface area contributed by atoms with Crippen molar-refractivity contribution in [2.45, 2.75) is 6.61 Å². The van der Waals surface area contributed by atoms with Crippen molar-refractivity contribution in [2.75, 3.05) is 0 Å². The van der Waals surface area contributed by atoms with Gasteiger partial charge in [-0.05, 0) is 53.6 Å². The maximum absolute atomic E-state index is 12.9. The highest BCUT2D eigenvalue weighted by molar-refractivity contribution is 5.89. The molecular formula is C22H17FO4. The summed E-state index contributed by atoms with van der Waals surface area (Å²) in [5.74, 6) is -0.474. The van der Waals surface area contributed by atoms with E-state index >= 15 is 0 Å². The first kappa shape index (κ1) is 18.2. The highest BCUT2D eigenvalue weighted by atomic mass is 19.1. The second kappa shape index (κ2) is 8.67. The van der Waals surface area contributed by atoms with Crippen LogP contribution in [0.1, 0.15) is 11.1 Å². The first-order valence-corrected chi connectivity index (χ1v) is 8.25. The fraction of sp³-hybridized carbons (Fsp3) is 0.0455. The lowest BCUT2D eigenvalue weighted by molar-refractivity contribution is -0.136. The van der Waals surface area contributed by atoms with Crippen molar-refractivity contribution >= 4 is 12.0 Å². The molecule has 0 heterocycles. The lowest BCUT2D eigenvalue weighted by Gasteiger charge is -2.09. The van der Waals surface area contributed by atoms with E-state index in [0.29, 0.717) is 11.5 Å². The van der Waals surface area contributed by atoms with Crippen LogP contribution in [0.5, 0.6) is 11.5 Å². The molecule has 3 rings (SSSR count). The molecule has 3 aromatic carbocycles. The second-order valence-electron chi connectivity index (χ2n) is 5.71. The monoisotopic (exact) mass is 364 g/mol. The van der Waals surface area contributed by atoms with Gasteiger partial charge in [0.25, 0.3) is 0 Å². The number of aliphatic carboxylic acids is 1. The molecule has 5 heteroatoms. The summed E-state index contributed by atoms with van der Waals surface area (Å²) in [7, 11) is 0. The summed E-state index contributed by atoms with van der Waals surface area (Å²) < 4.78 is 24.0. The quantitative estimate of drug-likeness (QED) is 0.459. The Labute approximate surface area is 156 Å². The maximum atomic E-state index is 12.9. The van der Waals surface area contributed by atoms with E-state index in [0.717, 1.165) is 11.1 Å². The van der Waals surface area contributed by atoms with Crippen LogP contribution in [0.15, 0.2) is 84.6 Å². The summed E-state index contributed by atoms with van der Waals surface area (Å²) >= 11 is 0. The van der Waals surface area contributed by atoms with Gasteiger partial charge in [0.1, 0.15) is 23.9 Å². The van der Waals surface area contributed by atoms with Gasteiger partial charge in [-0.25, -0.2) is 9.18 Å². The van der Waals surface area contributed by atoms with Crippen LogP contribution in [0.25, 0.3) is 6.08 Å². The minimum absolute atomic E-state index is 0.113. The molecule has 0 amide bonds. The van der Waals surface area contributed by atoms with Crippen LogP contribution in [0.2, 0.25) is 0 Å². The third-order valence-electron chi connectivity index (χ3n) is 3.68. The van der Waals surface area contributed by atoms with Crippen LogP contribution in [-0.2, 0) is 16.1 Å². The number of carbonyl (C=O) groups is 1. The second-order valence-corrected chi connectivity index (χ2v) is 5.71. The van der Waals surface area contributed by atoms with Gasteiger partial charge in [0, 0.05) is 0 Å². The highest BCUT2D eigenvalue weighted by Crippen LogP contribution is 2.22. The normalized spacial score (nSPS) is 11.1. The zero-order valence-corrected chi connectivity index (χ0v) is 14.3. The number of halogens is 1. The Balaban J connectivity index is 1.62. The molecule has 0 atom stereocenters. The highest BCUT2D eigenvalue weighted by Gasteiger charge is 2.09. The molecule has 0 aliphatic carbocycles. The van der Waals surface area contributed by atoms with Crippen molar-refractivity contribution in [2.24, 2.45) is 0 Å². The predicted octanol–water partition coefficient (Wildman–Crippen LogP) is 5.26. The van der Waals surface area contributed by atoms with E-state index in [2.05, 4.69) is 0 Å². The van der Waals surface area contributed by atoms with E-state index in [1.54, 1.807) is 48.5 Å². The summed E-state index contributed by atoms with van der Waals surface area (Å²) in [6, 6.07) is 21.9. The number of benzene rings is 3. The SMILES string of the molecule is O=C(O)C(=Cc1ccccc1)OCc1ccc(Oc2ccc(F)cc2)cc1. The number of carboxylic acid groups (broad SMARTS) is 1. The van der Waals surface area contributed by atoms with Crippen molar-refractivity contribution in [1.82, 2.24) is 0 Å². The van der Waals surface area contributed by atoms with Gasteiger partial charge in [0.2, 0.25) is 5.76 Å². The van der Waals surface area contributed by atoms with Crippen molar-refractivity contribution in [3.8, 4) is 11.5 Å². The average molecular weight is 364 g/mol. The summed E-state index contributed by atoms with van der Waals surface area (Å²) in [4.78, 5) is 11.4. The zero-order valence-electron chi connectivity index (χ0n) is 14.3. The minimum Gasteiger partial charge on any atom is -0.482 e. The molecule has 0 radical (unpaired) electrons. The third kappa shape index (κ3) is 5.44. The molecular weight excluding hydrogens is 347 g/mol. The van der Waals surface area contributed by atoms with Gasteiger partial charge in [0.15, 0.2) is 0 Å². The molecule has 0 aliphatic rings. The van der Waals surface area contributed by atoms with Crippen molar-refractivity contribution in [1.29, 1.82) is 0 Å². The Morgan fingerprint density at radius 1 is 0.889 bits per heavy atom. The Bertz CT molecular complexity index is 917. The van der Waals surface area contributed by atoms with Crippen molar-refractivity contribution in [3.05, 3.63) is 102 Å². The molecule has 0 saturated carbocycles. The van der Waals surface area contributed by atoms with E-state index < -0.39 is 5.97 Å². The number of carboxylic acids is 1. The van der Waals surface area contributed by atoms with E-state index in [-0.39, 0.29) is 18.2 Å². The lowest BCUT2D eigenvalue weighted by Crippen LogP contribution is -2.05. The van der Waals surface area contributed by atoms with Crippen LogP contribution in [0.3, 0.4) is 0 Å². The number of rotatable bonds is 7. The Hall–Kier alpha value is -3.60. The number of ether oxygens (including phenoxy) is 2. The third-order valence-corrected chi connectivity index (χ3v) is 3.68. The van der Waals surface area contributed by atoms with Crippen LogP contribution >= 0.6 is 0 Å². The van der Waals surface area contributed by atoms with E-state index in [9.17, 15) is 14.3 Å². The molecule has 0 spiro atoms. The molecule has 0 aromatic heterocycles. The molecule has 136 valence electrons. The van der Waals surface area contributed by atoms with E-state index in [1.807, 2.05) is 18.2 Å². The van der Waals surface area contributed by atoms with Crippen LogP contribution in [0.4, 0.5) is 4.39 Å². The molecule has 27 heavy (non-hydrogen) atoms. The molecule has 0 saturated heterocycles. The Morgan fingerprint density at radius 2 is 1.48 bits per heavy atom. The smallest absolute Gasteiger partial charge is 0.371 e. The molecule has 3 aromatic rings. The minimum atomic E-state index is -1.13. The van der Waals surface area contributed by atoms with E-state index in [1.165, 1.54) is 18.2 Å². The van der Waals surface area contributed by atoms with Crippen molar-refractivity contribution in [3.63, 3.8) is 0 Å². The molecule has 0 unspecified atom stereocenters. The number of hydrogen-bond donors (Lipinski definition) is 1. The van der Waals surface area contributed by atoms with Crippen LogP contribution in [-0.4, -0.2) is 11.1 Å². The largest absolute Gasteiger partial charge is 0.482 e. The summed E-state index contributed by atoms with van der Waals surface area (Å²) in [5.41, 5.74) is 1.54. The number of hydrogen-bond acceptors (Lipinski definition) is 3. The molecule has 1 N–H and O–H groups in total. The molecule has 0 fully saturated rings. The van der Waals surface area contributed by atoms with Gasteiger partial charge in [0.05, 0.1) is 0 Å². The zero-order chi connectivity index (χ0) is 19.1. The van der Waals surface area contributed by atoms with Crippen LogP contribution in [0, 0.1) is 5.82 Å². The topological polar surface area (TPSA) is 55.8 Å². The Morgan fingerprint density at radius 3 is 2.07 bits per heavy atom. The molecule has 0 aliphatic heterocycles. The van der Waals surface area contributed by atoms with Gasteiger partial charge in [-0.2, -0.15) is 0 Å². The van der Waals surface area contributed by atoms with Gasteiger partial charge in [-0.3, -0.25) is 0 Å². The Kier molecular flexibility index (Phi) is 5.84. The van der Waals surface area contributed by atoms with Gasteiger partial charge >= 0.3 is 5.97 Å². The van der Waals surface area contributed by atoms with Gasteiger partial charge < -0.3 is 14.6 Å². The lowest BCUT2D eigenvalue weighted by atomic mass is 10.2. The average Bonchev–Trinajstić information content (AvgIpc) is 2.68. The summed E-state index contributed by atoms with van der Waals surface area (Å²) in [6.45, 7) is 0.113. The van der Waals surface area contributed by atoms with Crippen molar-refractivity contribution < 1.29 is 23.8 Å². The standard InChI is InChI=1S/C22H17FO4/c23-18-8-12-20(13-9-18)27-19-10-6-17(7-11-19)15-26-21(22(24)25)14-16-4-2-1-3-5-16/h1-14H,15H2,(H,24,25). The first-order valence-electron chi connectivity index (χ1n) is 8.25. The predicted molar refractivity (Wildman–Crippen MR) is 99.8 cm³/mol. The summed E-state index contributed by atoms with van der Waals surface area (Å²) in [5, 5.41) is 9.30. The van der Waals surface area contributed by atoms with Gasteiger partial charge in [-0.1, -0.05) is 42.5 Å².